The Kier molecular flexibility index (Phi) is 5.47. The number of rotatable bonds is 6. The molecular weight excluding hydrogens is 394 g/mol. The van der Waals surface area contributed by atoms with Gasteiger partial charge in [0.25, 0.3) is 5.69 Å². The molecule has 3 rings (SSSR count). The normalized spacial score (nSPS) is 10.8. The summed E-state index contributed by atoms with van der Waals surface area (Å²) in [6.45, 7) is 0. The van der Waals surface area contributed by atoms with Crippen LogP contribution in [-0.2, 0) is 9.84 Å². The summed E-state index contributed by atoms with van der Waals surface area (Å²) < 4.78 is 28.9. The lowest BCUT2D eigenvalue weighted by Gasteiger charge is -2.10. The molecule has 0 aliphatic heterocycles. The highest BCUT2D eigenvalue weighted by atomic mass is 32.2. The van der Waals surface area contributed by atoms with Crippen LogP contribution < -0.4 is 10.1 Å². The number of anilines is 2. The van der Waals surface area contributed by atoms with Crippen LogP contribution >= 0.6 is 0 Å². The summed E-state index contributed by atoms with van der Waals surface area (Å²) in [4.78, 5) is 10.6. The number of ether oxygens (including phenoxy) is 1. The Labute approximate surface area is 167 Å². The molecule has 0 heterocycles. The van der Waals surface area contributed by atoms with Crippen molar-refractivity contribution in [3.63, 3.8) is 0 Å². The van der Waals surface area contributed by atoms with Gasteiger partial charge in [0.05, 0.1) is 21.5 Å². The maximum atomic E-state index is 11.6. The number of benzene rings is 3. The van der Waals surface area contributed by atoms with Gasteiger partial charge in [0.15, 0.2) is 9.84 Å². The minimum atomic E-state index is -3.56. The Morgan fingerprint density at radius 3 is 2.38 bits per heavy atom. The molecule has 0 radical (unpaired) electrons. The molecule has 3 aromatic carbocycles. The summed E-state index contributed by atoms with van der Waals surface area (Å²) in [5, 5.41) is 23.2. The number of nitrogens with one attached hydrogen (secondary N) is 1. The van der Waals surface area contributed by atoms with Gasteiger partial charge in [-0.3, -0.25) is 10.1 Å². The van der Waals surface area contributed by atoms with E-state index in [0.717, 1.165) is 12.3 Å². The SMILES string of the molecule is CS(=O)(=O)c1ccc(Nc2ccc(Oc3cccc(C#N)c3)cc2)c([N+](=O)[O-])c1. The van der Waals surface area contributed by atoms with E-state index in [1.54, 1.807) is 48.5 Å². The van der Waals surface area contributed by atoms with Crippen LogP contribution in [0.4, 0.5) is 17.1 Å². The van der Waals surface area contributed by atoms with Gasteiger partial charge in [-0.25, -0.2) is 8.42 Å². The molecule has 3 aromatic rings. The lowest BCUT2D eigenvalue weighted by atomic mass is 10.2. The number of sulfone groups is 1. The van der Waals surface area contributed by atoms with E-state index in [0.29, 0.717) is 22.7 Å². The molecule has 0 bridgehead atoms. The largest absolute Gasteiger partial charge is 0.457 e. The van der Waals surface area contributed by atoms with E-state index in [9.17, 15) is 18.5 Å². The molecule has 0 saturated heterocycles. The molecule has 0 saturated carbocycles. The topological polar surface area (TPSA) is 122 Å². The van der Waals surface area contributed by atoms with Crippen molar-refractivity contribution >= 4 is 26.9 Å². The van der Waals surface area contributed by atoms with Crippen molar-refractivity contribution in [2.75, 3.05) is 11.6 Å². The summed E-state index contributed by atoms with van der Waals surface area (Å²) in [6, 6.07) is 19.1. The van der Waals surface area contributed by atoms with Crippen molar-refractivity contribution in [2.24, 2.45) is 0 Å². The summed E-state index contributed by atoms with van der Waals surface area (Å²) in [5.41, 5.74) is 0.850. The Bertz CT molecular complexity index is 1220. The van der Waals surface area contributed by atoms with Crippen LogP contribution in [0.1, 0.15) is 5.56 Å². The van der Waals surface area contributed by atoms with Gasteiger partial charge in [0, 0.05) is 18.0 Å². The fourth-order valence-electron chi connectivity index (χ4n) is 2.53. The Morgan fingerprint density at radius 2 is 1.76 bits per heavy atom. The van der Waals surface area contributed by atoms with E-state index in [1.807, 2.05) is 6.07 Å². The molecule has 1 N–H and O–H groups in total. The predicted octanol–water partition coefficient (Wildman–Crippen LogP) is 4.41. The second kappa shape index (κ2) is 8.00. The molecule has 146 valence electrons. The lowest BCUT2D eigenvalue weighted by Crippen LogP contribution is -2.02. The first-order valence-electron chi connectivity index (χ1n) is 8.30. The highest BCUT2D eigenvalue weighted by molar-refractivity contribution is 7.90. The van der Waals surface area contributed by atoms with Crippen LogP contribution in [-0.4, -0.2) is 19.6 Å². The van der Waals surface area contributed by atoms with Gasteiger partial charge in [-0.1, -0.05) is 6.07 Å². The van der Waals surface area contributed by atoms with Crippen molar-refractivity contribution in [1.29, 1.82) is 5.26 Å². The molecule has 29 heavy (non-hydrogen) atoms. The second-order valence-electron chi connectivity index (χ2n) is 6.10. The number of nitriles is 1. The Balaban J connectivity index is 1.81. The first kappa shape index (κ1) is 19.9. The summed E-state index contributed by atoms with van der Waals surface area (Å²) in [5.74, 6) is 1.03. The number of hydrogen-bond acceptors (Lipinski definition) is 7. The molecule has 9 heteroatoms. The van der Waals surface area contributed by atoms with Gasteiger partial charge >= 0.3 is 0 Å². The van der Waals surface area contributed by atoms with E-state index in [1.165, 1.54) is 12.1 Å². The number of nitro groups is 1. The fraction of sp³-hybridized carbons (Fsp3) is 0.0500. The van der Waals surface area contributed by atoms with Gasteiger partial charge in [0.1, 0.15) is 17.2 Å². The van der Waals surface area contributed by atoms with Crippen molar-refractivity contribution < 1.29 is 18.1 Å². The molecule has 0 aliphatic carbocycles. The summed E-state index contributed by atoms with van der Waals surface area (Å²) in [7, 11) is -3.56. The van der Waals surface area contributed by atoms with E-state index < -0.39 is 14.8 Å². The van der Waals surface area contributed by atoms with E-state index >= 15 is 0 Å². The zero-order valence-electron chi connectivity index (χ0n) is 15.2. The third kappa shape index (κ3) is 4.88. The maximum Gasteiger partial charge on any atom is 0.293 e. The highest BCUT2D eigenvalue weighted by Gasteiger charge is 2.18. The smallest absolute Gasteiger partial charge is 0.293 e. The first-order valence-corrected chi connectivity index (χ1v) is 10.2. The molecule has 0 aromatic heterocycles. The zero-order valence-corrected chi connectivity index (χ0v) is 16.0. The minimum absolute atomic E-state index is 0.127. The third-order valence-electron chi connectivity index (χ3n) is 3.93. The standard InChI is InChI=1S/C20H15N3O5S/c1-29(26,27)18-9-10-19(20(12-18)23(24)25)22-15-5-7-16(8-6-15)28-17-4-2-3-14(11-17)13-21/h2-12,22H,1H3. The van der Waals surface area contributed by atoms with Gasteiger partial charge in [-0.15, -0.1) is 0 Å². The van der Waals surface area contributed by atoms with Crippen LogP contribution in [0, 0.1) is 21.4 Å². The number of nitrogens with zero attached hydrogens (tertiary/aromatic N) is 2. The van der Waals surface area contributed by atoms with E-state index in [2.05, 4.69) is 5.32 Å². The van der Waals surface area contributed by atoms with Crippen LogP contribution in [0.15, 0.2) is 71.6 Å². The van der Waals surface area contributed by atoms with Gasteiger partial charge in [-0.05, 0) is 54.6 Å². The molecule has 0 spiro atoms. The van der Waals surface area contributed by atoms with Crippen LogP contribution in [0.2, 0.25) is 0 Å². The van der Waals surface area contributed by atoms with Crippen molar-refractivity contribution in [3.8, 4) is 17.6 Å². The molecule has 0 unspecified atom stereocenters. The van der Waals surface area contributed by atoms with Crippen LogP contribution in [0.25, 0.3) is 0 Å². The van der Waals surface area contributed by atoms with Crippen molar-refractivity contribution in [2.45, 2.75) is 4.90 Å². The second-order valence-corrected chi connectivity index (χ2v) is 8.12. The predicted molar refractivity (Wildman–Crippen MR) is 107 cm³/mol. The minimum Gasteiger partial charge on any atom is -0.457 e. The van der Waals surface area contributed by atoms with Crippen molar-refractivity contribution in [1.82, 2.24) is 0 Å². The zero-order chi connectivity index (χ0) is 21.0. The lowest BCUT2D eigenvalue weighted by molar-refractivity contribution is -0.384. The average Bonchev–Trinajstić information content (AvgIpc) is 2.69. The number of nitro benzene ring substituents is 1. The third-order valence-corrected chi connectivity index (χ3v) is 5.04. The molecule has 0 aliphatic rings. The van der Waals surface area contributed by atoms with Gasteiger partial charge in [0.2, 0.25) is 0 Å². The van der Waals surface area contributed by atoms with Gasteiger partial charge in [-0.2, -0.15) is 5.26 Å². The summed E-state index contributed by atoms with van der Waals surface area (Å²) in [6.07, 6.45) is 0.990. The summed E-state index contributed by atoms with van der Waals surface area (Å²) >= 11 is 0. The van der Waals surface area contributed by atoms with E-state index in [-0.39, 0.29) is 16.3 Å². The highest BCUT2D eigenvalue weighted by Crippen LogP contribution is 2.31. The van der Waals surface area contributed by atoms with E-state index in [4.69, 9.17) is 10.00 Å². The Morgan fingerprint density at radius 1 is 1.03 bits per heavy atom. The number of hydrogen-bond donors (Lipinski definition) is 1. The molecular formula is C20H15N3O5S. The quantitative estimate of drug-likeness (QED) is 0.473. The van der Waals surface area contributed by atoms with Crippen LogP contribution in [0.3, 0.4) is 0 Å². The van der Waals surface area contributed by atoms with Crippen LogP contribution in [0.5, 0.6) is 11.5 Å². The monoisotopic (exact) mass is 409 g/mol. The molecule has 0 fully saturated rings. The fourth-order valence-corrected chi connectivity index (χ4v) is 3.17. The van der Waals surface area contributed by atoms with Gasteiger partial charge < -0.3 is 10.1 Å². The average molecular weight is 409 g/mol. The molecule has 8 nitrogen and oxygen atoms in total. The Hall–Kier alpha value is -3.90. The maximum absolute atomic E-state index is 11.6. The molecule has 0 atom stereocenters. The first-order chi connectivity index (χ1) is 13.8. The molecule has 0 amide bonds. The van der Waals surface area contributed by atoms with Crippen molar-refractivity contribution in [3.05, 3.63) is 82.4 Å².